The van der Waals surface area contributed by atoms with Crippen LogP contribution in [0.15, 0.2) is 35.1 Å². The molecule has 0 aliphatic carbocycles. The van der Waals surface area contributed by atoms with Gasteiger partial charge in [-0.2, -0.15) is 13.2 Å². The van der Waals surface area contributed by atoms with Crippen LogP contribution in [-0.2, 0) is 6.18 Å². The second-order valence-corrected chi connectivity index (χ2v) is 7.79. The molecule has 170 valence electrons. The molecule has 1 saturated heterocycles. The van der Waals surface area contributed by atoms with E-state index in [1.807, 2.05) is 11.8 Å². The number of amides is 1. The number of piperidine rings is 1. The molecule has 0 radical (unpaired) electrons. The maximum atomic E-state index is 13.0. The lowest BCUT2D eigenvalue weighted by Crippen LogP contribution is -2.55. The molecule has 12 heteroatoms. The molecule has 3 unspecified atom stereocenters. The van der Waals surface area contributed by atoms with Crippen LogP contribution < -0.4 is 21.7 Å². The number of fused-ring (bicyclic) bond motifs is 1. The Morgan fingerprint density at radius 1 is 1.34 bits per heavy atom. The number of halogens is 3. The molecule has 1 amide bonds. The molecule has 0 saturated carbocycles. The van der Waals surface area contributed by atoms with E-state index < -0.39 is 29.8 Å². The summed E-state index contributed by atoms with van der Waals surface area (Å²) < 4.78 is 44.0. The van der Waals surface area contributed by atoms with Gasteiger partial charge in [0.1, 0.15) is 11.1 Å². The number of aromatic nitrogens is 2. The predicted octanol–water partition coefficient (Wildman–Crippen LogP) is 2.22. The van der Waals surface area contributed by atoms with Gasteiger partial charge in [0.2, 0.25) is 5.88 Å². The van der Waals surface area contributed by atoms with E-state index in [-0.39, 0.29) is 28.5 Å². The van der Waals surface area contributed by atoms with Crippen LogP contribution >= 0.6 is 0 Å². The quantitative estimate of drug-likeness (QED) is 0.476. The largest absolute Gasteiger partial charge is 0.438 e. The highest BCUT2D eigenvalue weighted by Gasteiger charge is 2.34. The molecule has 3 atom stereocenters. The second-order valence-electron chi connectivity index (χ2n) is 7.79. The minimum absolute atomic E-state index is 0.0878. The normalized spacial score (nSPS) is 21.7. The zero-order chi connectivity index (χ0) is 23.2. The number of rotatable bonds is 3. The second kappa shape index (κ2) is 7.95. The van der Waals surface area contributed by atoms with E-state index in [4.69, 9.17) is 15.9 Å². The minimum atomic E-state index is -4.62. The van der Waals surface area contributed by atoms with Crippen LogP contribution in [0.25, 0.3) is 11.1 Å². The fourth-order valence-electron chi connectivity index (χ4n) is 3.83. The molecule has 0 bridgehead atoms. The van der Waals surface area contributed by atoms with Crippen molar-refractivity contribution in [2.24, 2.45) is 11.7 Å². The van der Waals surface area contributed by atoms with Crippen molar-refractivity contribution in [3.63, 3.8) is 0 Å². The molecule has 6 N–H and O–H groups in total. The summed E-state index contributed by atoms with van der Waals surface area (Å²) in [6.45, 7) is 2.73. The van der Waals surface area contributed by atoms with Gasteiger partial charge in [0, 0.05) is 37.4 Å². The number of carbonyl (C=O) groups is 1. The zero-order valence-corrected chi connectivity index (χ0v) is 16.9. The van der Waals surface area contributed by atoms with Crippen LogP contribution in [0.1, 0.15) is 22.8 Å². The molecule has 1 aliphatic rings. The van der Waals surface area contributed by atoms with Crippen molar-refractivity contribution in [1.82, 2.24) is 9.97 Å². The van der Waals surface area contributed by atoms with Gasteiger partial charge in [0.05, 0.1) is 29.2 Å². The molecule has 3 aromatic rings. The van der Waals surface area contributed by atoms with Gasteiger partial charge in [-0.15, -0.1) is 0 Å². The highest BCUT2D eigenvalue weighted by atomic mass is 19.4. The van der Waals surface area contributed by atoms with Crippen LogP contribution in [0.3, 0.4) is 0 Å². The van der Waals surface area contributed by atoms with E-state index in [9.17, 15) is 23.1 Å². The first-order valence-electron chi connectivity index (χ1n) is 9.75. The number of furan rings is 1. The van der Waals surface area contributed by atoms with Crippen molar-refractivity contribution in [2.75, 3.05) is 29.0 Å². The molecular weight excluding hydrogens is 429 g/mol. The Bertz CT molecular complexity index is 1150. The first kappa shape index (κ1) is 21.8. The molecular formula is C20H21F3N6O3. The molecule has 4 rings (SSSR count). The molecule has 3 aromatic heterocycles. The Balaban J connectivity index is 1.64. The standard InChI is InChI=1S/C20H21F3N6O3/c1-9-7-29(8-11(24)17(9)30)13-2-3-26-6-12(13)28-19(31)15-16-14(32-18(15)25)4-10(5-27-16)20(21,22)23/h2-6,9,11,17,30H,7-8,24-25H2,1H3,(H,28,31). The summed E-state index contributed by atoms with van der Waals surface area (Å²) in [5.41, 5.74) is 11.3. The number of nitrogens with one attached hydrogen (secondary N) is 1. The summed E-state index contributed by atoms with van der Waals surface area (Å²) in [6.07, 6.45) is -1.66. The van der Waals surface area contributed by atoms with Gasteiger partial charge in [-0.1, -0.05) is 6.92 Å². The van der Waals surface area contributed by atoms with Gasteiger partial charge in [0.15, 0.2) is 5.58 Å². The Labute approximate surface area is 180 Å². The SMILES string of the molecule is CC1CN(c2ccncc2NC(=O)c2c(N)oc3cc(C(F)(F)F)cnc23)CC(N)C1O. The van der Waals surface area contributed by atoms with Gasteiger partial charge in [-0.05, 0) is 12.1 Å². The minimum Gasteiger partial charge on any atom is -0.438 e. The van der Waals surface area contributed by atoms with E-state index in [1.165, 1.54) is 6.20 Å². The average Bonchev–Trinajstić information content (AvgIpc) is 3.06. The fraction of sp³-hybridized carbons (Fsp3) is 0.350. The number of aliphatic hydroxyl groups excluding tert-OH is 1. The summed E-state index contributed by atoms with van der Waals surface area (Å²) in [4.78, 5) is 22.7. The lowest BCUT2D eigenvalue weighted by molar-refractivity contribution is -0.137. The zero-order valence-electron chi connectivity index (χ0n) is 16.9. The van der Waals surface area contributed by atoms with Crippen molar-refractivity contribution >= 4 is 34.3 Å². The van der Waals surface area contributed by atoms with Crippen LogP contribution in [0.2, 0.25) is 0 Å². The van der Waals surface area contributed by atoms with Crippen molar-refractivity contribution in [3.05, 3.63) is 41.9 Å². The number of nitrogen functional groups attached to an aromatic ring is 1. The third-order valence-electron chi connectivity index (χ3n) is 5.46. The topological polar surface area (TPSA) is 144 Å². The Kier molecular flexibility index (Phi) is 5.42. The molecule has 4 heterocycles. The molecule has 1 aliphatic heterocycles. The maximum Gasteiger partial charge on any atom is 0.418 e. The highest BCUT2D eigenvalue weighted by molar-refractivity contribution is 6.15. The van der Waals surface area contributed by atoms with E-state index in [0.29, 0.717) is 30.7 Å². The van der Waals surface area contributed by atoms with Crippen LogP contribution in [-0.4, -0.2) is 46.2 Å². The molecule has 9 nitrogen and oxygen atoms in total. The van der Waals surface area contributed by atoms with Gasteiger partial charge in [0.25, 0.3) is 5.91 Å². The first-order chi connectivity index (χ1) is 15.1. The number of pyridine rings is 2. The van der Waals surface area contributed by atoms with Crippen molar-refractivity contribution in [1.29, 1.82) is 0 Å². The number of nitrogens with zero attached hydrogens (tertiary/aromatic N) is 3. The molecule has 32 heavy (non-hydrogen) atoms. The predicted molar refractivity (Wildman–Crippen MR) is 111 cm³/mol. The summed E-state index contributed by atoms with van der Waals surface area (Å²) in [5.74, 6) is -1.17. The molecule has 1 fully saturated rings. The summed E-state index contributed by atoms with van der Waals surface area (Å²) in [6, 6.07) is 1.96. The monoisotopic (exact) mass is 450 g/mol. The lowest BCUT2D eigenvalue weighted by Gasteiger charge is -2.40. The van der Waals surface area contributed by atoms with Crippen LogP contribution in [0.5, 0.6) is 0 Å². The molecule has 0 aromatic carbocycles. The summed E-state index contributed by atoms with van der Waals surface area (Å²) in [5, 5.41) is 12.8. The van der Waals surface area contributed by atoms with E-state index in [1.54, 1.807) is 12.3 Å². The number of carbonyl (C=O) groups excluding carboxylic acids is 1. The van der Waals surface area contributed by atoms with Gasteiger partial charge in [-0.3, -0.25) is 14.8 Å². The number of hydrogen-bond donors (Lipinski definition) is 4. The van der Waals surface area contributed by atoms with Crippen LogP contribution in [0, 0.1) is 5.92 Å². The Hall–Kier alpha value is -3.38. The summed E-state index contributed by atoms with van der Waals surface area (Å²) >= 11 is 0. The van der Waals surface area contributed by atoms with E-state index in [0.717, 1.165) is 6.07 Å². The average molecular weight is 450 g/mol. The Morgan fingerprint density at radius 3 is 2.78 bits per heavy atom. The number of nitrogens with two attached hydrogens (primary N) is 2. The number of alkyl halides is 3. The van der Waals surface area contributed by atoms with Crippen LogP contribution in [0.4, 0.5) is 30.4 Å². The van der Waals surface area contributed by atoms with Crippen molar-refractivity contribution in [3.8, 4) is 0 Å². The van der Waals surface area contributed by atoms with Gasteiger partial charge < -0.3 is 31.2 Å². The third kappa shape index (κ3) is 3.94. The van der Waals surface area contributed by atoms with E-state index >= 15 is 0 Å². The number of anilines is 3. The lowest BCUT2D eigenvalue weighted by atomic mass is 9.92. The van der Waals surface area contributed by atoms with Gasteiger partial charge in [-0.25, -0.2) is 0 Å². The van der Waals surface area contributed by atoms with Crippen molar-refractivity contribution in [2.45, 2.75) is 25.2 Å². The van der Waals surface area contributed by atoms with Crippen molar-refractivity contribution < 1.29 is 27.5 Å². The van der Waals surface area contributed by atoms with E-state index in [2.05, 4.69) is 15.3 Å². The third-order valence-corrected chi connectivity index (χ3v) is 5.46. The maximum absolute atomic E-state index is 13.0. The Morgan fingerprint density at radius 2 is 2.09 bits per heavy atom. The first-order valence-corrected chi connectivity index (χ1v) is 9.75. The number of aliphatic hydroxyl groups is 1. The summed E-state index contributed by atoms with van der Waals surface area (Å²) in [7, 11) is 0. The molecule has 0 spiro atoms. The highest BCUT2D eigenvalue weighted by Crippen LogP contribution is 2.35. The van der Waals surface area contributed by atoms with Gasteiger partial charge >= 0.3 is 6.18 Å². The number of hydrogen-bond acceptors (Lipinski definition) is 8. The smallest absolute Gasteiger partial charge is 0.418 e. The fourth-order valence-corrected chi connectivity index (χ4v) is 3.83.